The molecule has 2 heterocycles. The average molecular weight is 322 g/mol. The molecular weight excluding hydrogens is 300 g/mol. The molecule has 0 spiro atoms. The first-order valence-electron chi connectivity index (χ1n) is 7.67. The van der Waals surface area contributed by atoms with Gasteiger partial charge in [0.05, 0.1) is 12.0 Å². The Morgan fingerprint density at radius 2 is 2.18 bits per heavy atom. The summed E-state index contributed by atoms with van der Waals surface area (Å²) in [5.41, 5.74) is -0.168. The maximum absolute atomic E-state index is 12.7. The van der Waals surface area contributed by atoms with Crippen molar-refractivity contribution in [2.24, 2.45) is 0 Å². The highest BCUT2D eigenvalue weighted by atomic mass is 32.1. The second-order valence-electron chi connectivity index (χ2n) is 5.32. The second kappa shape index (κ2) is 7.05. The summed E-state index contributed by atoms with van der Waals surface area (Å²) in [7, 11) is 0. The number of hydrogen-bond donors (Lipinski definition) is 0. The van der Waals surface area contributed by atoms with Gasteiger partial charge >= 0.3 is 5.97 Å². The number of rotatable bonds is 6. The summed E-state index contributed by atoms with van der Waals surface area (Å²) in [6.07, 6.45) is 2.66. The van der Waals surface area contributed by atoms with Gasteiger partial charge < -0.3 is 4.74 Å². The minimum absolute atomic E-state index is 0.168. The molecule has 6 heteroatoms. The summed E-state index contributed by atoms with van der Waals surface area (Å²) in [6, 6.07) is 1.21. The number of aryl methyl sites for hydroxylation is 2. The van der Waals surface area contributed by atoms with Gasteiger partial charge in [-0.25, -0.2) is 9.78 Å². The average Bonchev–Trinajstić information content (AvgIpc) is 2.90. The van der Waals surface area contributed by atoms with Crippen LogP contribution in [0.1, 0.15) is 50.4 Å². The Balaban J connectivity index is 2.37. The van der Waals surface area contributed by atoms with Crippen molar-refractivity contribution in [3.63, 3.8) is 0 Å². The molecule has 0 aromatic carbocycles. The van der Waals surface area contributed by atoms with Gasteiger partial charge in [0.1, 0.15) is 16.7 Å². The minimum atomic E-state index is -0.661. The van der Waals surface area contributed by atoms with Crippen molar-refractivity contribution in [3.8, 4) is 0 Å². The zero-order valence-electron chi connectivity index (χ0n) is 13.5. The predicted octanol–water partition coefficient (Wildman–Crippen LogP) is 3.23. The van der Waals surface area contributed by atoms with Gasteiger partial charge in [-0.05, 0) is 32.8 Å². The minimum Gasteiger partial charge on any atom is -0.464 e. The van der Waals surface area contributed by atoms with E-state index in [0.29, 0.717) is 17.8 Å². The third kappa shape index (κ3) is 3.21. The molecule has 120 valence electrons. The van der Waals surface area contributed by atoms with E-state index >= 15 is 0 Å². The smallest absolute Gasteiger partial charge is 0.329 e. The monoisotopic (exact) mass is 322 g/mol. The number of ether oxygens (including phenoxy) is 1. The molecule has 0 saturated carbocycles. The van der Waals surface area contributed by atoms with E-state index in [1.165, 1.54) is 15.9 Å². The standard InChI is InChI=1S/C16H22N2O3S/c1-5-7-8-21-16(20)10(3)18-11(4)17-14-13(15(18)19)9-12(6-2)22-14/h9-10H,5-8H2,1-4H3. The lowest BCUT2D eigenvalue weighted by Gasteiger charge is -2.16. The van der Waals surface area contributed by atoms with Crippen molar-refractivity contribution < 1.29 is 9.53 Å². The van der Waals surface area contributed by atoms with Crippen molar-refractivity contribution in [1.82, 2.24) is 9.55 Å². The predicted molar refractivity (Wildman–Crippen MR) is 88.6 cm³/mol. The number of carbonyl (C=O) groups is 1. The Kier molecular flexibility index (Phi) is 5.34. The van der Waals surface area contributed by atoms with E-state index in [1.807, 2.05) is 19.9 Å². The van der Waals surface area contributed by atoms with Crippen LogP contribution in [-0.2, 0) is 16.0 Å². The number of nitrogens with zero attached hydrogens (tertiary/aromatic N) is 2. The third-order valence-corrected chi connectivity index (χ3v) is 4.82. The molecule has 0 radical (unpaired) electrons. The Morgan fingerprint density at radius 1 is 1.45 bits per heavy atom. The number of thiophene rings is 1. The molecular formula is C16H22N2O3S. The van der Waals surface area contributed by atoms with E-state index in [9.17, 15) is 9.59 Å². The number of hydrogen-bond acceptors (Lipinski definition) is 5. The SMILES string of the molecule is CCCCOC(=O)C(C)n1c(C)nc2sc(CC)cc2c1=O. The molecule has 1 unspecified atom stereocenters. The van der Waals surface area contributed by atoms with E-state index in [0.717, 1.165) is 29.0 Å². The molecule has 0 N–H and O–H groups in total. The van der Waals surface area contributed by atoms with Crippen LogP contribution in [0.3, 0.4) is 0 Å². The highest BCUT2D eigenvalue weighted by Crippen LogP contribution is 2.23. The first kappa shape index (κ1) is 16.7. The van der Waals surface area contributed by atoms with Gasteiger partial charge in [-0.15, -0.1) is 11.3 Å². The third-order valence-electron chi connectivity index (χ3n) is 3.64. The van der Waals surface area contributed by atoms with Gasteiger partial charge in [-0.1, -0.05) is 20.3 Å². The van der Waals surface area contributed by atoms with Crippen molar-refractivity contribution in [1.29, 1.82) is 0 Å². The van der Waals surface area contributed by atoms with Crippen LogP contribution in [0.25, 0.3) is 10.2 Å². The van der Waals surface area contributed by atoms with Crippen molar-refractivity contribution >= 4 is 27.5 Å². The Bertz CT molecular complexity index is 733. The Morgan fingerprint density at radius 3 is 2.82 bits per heavy atom. The summed E-state index contributed by atoms with van der Waals surface area (Å²) in [4.78, 5) is 31.1. The zero-order chi connectivity index (χ0) is 16.3. The fourth-order valence-electron chi connectivity index (χ4n) is 2.32. The number of unbranched alkanes of at least 4 members (excludes halogenated alkanes) is 1. The maximum atomic E-state index is 12.7. The molecule has 1 atom stereocenters. The van der Waals surface area contributed by atoms with Gasteiger partial charge in [0.15, 0.2) is 0 Å². The highest BCUT2D eigenvalue weighted by molar-refractivity contribution is 7.18. The summed E-state index contributed by atoms with van der Waals surface area (Å²) >= 11 is 1.53. The second-order valence-corrected chi connectivity index (χ2v) is 6.43. The van der Waals surface area contributed by atoms with E-state index < -0.39 is 6.04 Å². The lowest BCUT2D eigenvalue weighted by atomic mass is 10.2. The molecule has 0 aliphatic rings. The molecule has 0 amide bonds. The normalized spacial score (nSPS) is 12.5. The number of carbonyl (C=O) groups excluding carboxylic acids is 1. The molecule has 2 rings (SSSR count). The van der Waals surface area contributed by atoms with Crippen LogP contribution >= 0.6 is 11.3 Å². The largest absolute Gasteiger partial charge is 0.464 e. The lowest BCUT2D eigenvalue weighted by molar-refractivity contribution is -0.147. The van der Waals surface area contributed by atoms with Crippen LogP contribution in [-0.4, -0.2) is 22.1 Å². The van der Waals surface area contributed by atoms with Crippen LogP contribution in [0, 0.1) is 6.92 Å². The van der Waals surface area contributed by atoms with Crippen LogP contribution < -0.4 is 5.56 Å². The molecule has 22 heavy (non-hydrogen) atoms. The van der Waals surface area contributed by atoms with Crippen LogP contribution in [0.5, 0.6) is 0 Å². The van der Waals surface area contributed by atoms with Crippen molar-refractivity contribution in [2.75, 3.05) is 6.61 Å². The molecule has 0 saturated heterocycles. The van der Waals surface area contributed by atoms with Crippen molar-refractivity contribution in [2.45, 2.75) is 53.0 Å². The first-order valence-corrected chi connectivity index (χ1v) is 8.49. The molecule has 2 aromatic rings. The molecule has 5 nitrogen and oxygen atoms in total. The molecule has 0 aliphatic carbocycles. The van der Waals surface area contributed by atoms with Gasteiger partial charge in [0.2, 0.25) is 0 Å². The van der Waals surface area contributed by atoms with Gasteiger partial charge in [0.25, 0.3) is 5.56 Å². The molecule has 0 fully saturated rings. The summed E-state index contributed by atoms with van der Waals surface area (Å²) < 4.78 is 6.66. The number of aromatic nitrogens is 2. The Labute approximate surface area is 133 Å². The topological polar surface area (TPSA) is 61.2 Å². The quantitative estimate of drug-likeness (QED) is 0.605. The van der Waals surface area contributed by atoms with Gasteiger partial charge in [-0.2, -0.15) is 0 Å². The molecule has 0 bridgehead atoms. The van der Waals surface area contributed by atoms with Crippen LogP contribution in [0.2, 0.25) is 0 Å². The summed E-state index contributed by atoms with van der Waals surface area (Å²) in [5, 5.41) is 0.584. The van der Waals surface area contributed by atoms with Crippen molar-refractivity contribution in [3.05, 3.63) is 27.1 Å². The van der Waals surface area contributed by atoms with E-state index in [-0.39, 0.29) is 11.5 Å². The lowest BCUT2D eigenvalue weighted by Crippen LogP contribution is -2.31. The molecule has 0 aliphatic heterocycles. The summed E-state index contributed by atoms with van der Waals surface area (Å²) in [6.45, 7) is 7.91. The highest BCUT2D eigenvalue weighted by Gasteiger charge is 2.22. The molecule has 2 aromatic heterocycles. The number of esters is 1. The fourth-order valence-corrected chi connectivity index (χ4v) is 3.32. The summed E-state index contributed by atoms with van der Waals surface area (Å²) in [5.74, 6) is 0.160. The number of fused-ring (bicyclic) bond motifs is 1. The van der Waals surface area contributed by atoms with Crippen LogP contribution in [0.15, 0.2) is 10.9 Å². The Hall–Kier alpha value is -1.69. The fraction of sp³-hybridized carbons (Fsp3) is 0.562. The van der Waals surface area contributed by atoms with Gasteiger partial charge in [-0.3, -0.25) is 9.36 Å². The van der Waals surface area contributed by atoms with Gasteiger partial charge in [0, 0.05) is 4.88 Å². The van der Waals surface area contributed by atoms with E-state index in [2.05, 4.69) is 4.98 Å². The first-order chi connectivity index (χ1) is 10.5. The van der Waals surface area contributed by atoms with Crippen LogP contribution in [0.4, 0.5) is 0 Å². The van der Waals surface area contributed by atoms with E-state index in [4.69, 9.17) is 4.74 Å². The van der Waals surface area contributed by atoms with E-state index in [1.54, 1.807) is 13.8 Å². The maximum Gasteiger partial charge on any atom is 0.329 e. The zero-order valence-corrected chi connectivity index (χ0v) is 14.3.